The van der Waals surface area contributed by atoms with Gasteiger partial charge in [0, 0.05) is 11.4 Å². The minimum absolute atomic E-state index is 0.434. The Balaban J connectivity index is 2.99. The van der Waals surface area contributed by atoms with Crippen LogP contribution in [-0.4, -0.2) is 8.64 Å². The summed E-state index contributed by atoms with van der Waals surface area (Å²) >= 11 is 17.8. The first-order valence-corrected chi connectivity index (χ1v) is 5.81. The quantitative estimate of drug-likeness (QED) is 0.491. The van der Waals surface area contributed by atoms with Gasteiger partial charge in [-0.15, -0.1) is 25.3 Å². The molecule has 0 aliphatic carbocycles. The maximum absolute atomic E-state index is 4.86. The van der Waals surface area contributed by atoms with Gasteiger partial charge in [-0.25, -0.2) is 0 Å². The van der Waals surface area contributed by atoms with E-state index in [0.29, 0.717) is 8.64 Å². The van der Waals surface area contributed by atoms with E-state index in [-0.39, 0.29) is 0 Å². The van der Waals surface area contributed by atoms with E-state index in [1.807, 2.05) is 25.1 Å². The molecule has 0 fully saturated rings. The van der Waals surface area contributed by atoms with E-state index >= 15 is 0 Å². The fourth-order valence-electron chi connectivity index (χ4n) is 1.14. The van der Waals surface area contributed by atoms with Crippen LogP contribution in [0.2, 0.25) is 0 Å². The zero-order chi connectivity index (χ0) is 11.4. The molecule has 1 aromatic rings. The fraction of sp³-hybridized carbons (Fsp3) is 0.111. The lowest BCUT2D eigenvalue weighted by atomic mass is 10.1. The molecule has 0 spiro atoms. The molecule has 0 bridgehead atoms. The van der Waals surface area contributed by atoms with Gasteiger partial charge in [-0.3, -0.25) is 0 Å². The first-order valence-electron chi connectivity index (χ1n) is 4.10. The molecule has 0 radical (unpaired) electrons. The second kappa shape index (κ2) is 5.69. The van der Waals surface area contributed by atoms with Crippen molar-refractivity contribution in [1.82, 2.24) is 0 Å². The number of nitrogens with one attached hydrogen (secondary N) is 2. The van der Waals surface area contributed by atoms with Gasteiger partial charge in [-0.05, 0) is 24.6 Å². The van der Waals surface area contributed by atoms with E-state index in [1.54, 1.807) is 0 Å². The van der Waals surface area contributed by atoms with Gasteiger partial charge in [0.25, 0.3) is 0 Å². The molecule has 15 heavy (non-hydrogen) atoms. The van der Waals surface area contributed by atoms with Crippen molar-refractivity contribution in [3.63, 3.8) is 0 Å². The molecule has 0 aromatic heterocycles. The summed E-state index contributed by atoms with van der Waals surface area (Å²) < 4.78 is 0.868. The van der Waals surface area contributed by atoms with Gasteiger partial charge in [0.15, 0.2) is 0 Å². The number of hydrogen-bond donors (Lipinski definition) is 4. The summed E-state index contributed by atoms with van der Waals surface area (Å²) in [7, 11) is 0. The number of anilines is 2. The third-order valence-corrected chi connectivity index (χ3v) is 2.24. The minimum atomic E-state index is 0.434. The van der Waals surface area contributed by atoms with Crippen LogP contribution < -0.4 is 10.6 Å². The summed E-state index contributed by atoms with van der Waals surface area (Å²) in [6, 6.07) is 5.74. The highest BCUT2D eigenvalue weighted by Gasteiger charge is 2.04. The maximum atomic E-state index is 4.86. The molecule has 1 aromatic carbocycles. The number of rotatable bonds is 2. The van der Waals surface area contributed by atoms with Gasteiger partial charge in [-0.2, -0.15) is 0 Å². The Morgan fingerprint density at radius 3 is 1.80 bits per heavy atom. The van der Waals surface area contributed by atoms with E-state index in [1.165, 1.54) is 0 Å². The lowest BCUT2D eigenvalue weighted by molar-refractivity contribution is 1.45. The average Bonchev–Trinajstić information content (AvgIpc) is 2.10. The third kappa shape index (κ3) is 3.98. The van der Waals surface area contributed by atoms with E-state index in [0.717, 1.165) is 16.9 Å². The van der Waals surface area contributed by atoms with Crippen LogP contribution in [0, 0.1) is 6.92 Å². The molecule has 0 unspecified atom stereocenters. The molecule has 2 nitrogen and oxygen atoms in total. The van der Waals surface area contributed by atoms with Gasteiger partial charge in [0.05, 0.1) is 0 Å². The molecule has 1 rings (SSSR count). The molecule has 2 N–H and O–H groups in total. The zero-order valence-corrected chi connectivity index (χ0v) is 11.4. The molecule has 80 valence electrons. The maximum Gasteiger partial charge on any atom is 0.135 e. The van der Waals surface area contributed by atoms with Crippen molar-refractivity contribution < 1.29 is 0 Å². The summed E-state index contributed by atoms with van der Waals surface area (Å²) in [5.74, 6) is 0. The second-order valence-electron chi connectivity index (χ2n) is 2.84. The van der Waals surface area contributed by atoms with Crippen molar-refractivity contribution in [2.75, 3.05) is 10.6 Å². The smallest absolute Gasteiger partial charge is 0.135 e. The highest BCUT2D eigenvalue weighted by molar-refractivity contribution is 8.11. The summed E-state index contributed by atoms with van der Waals surface area (Å²) in [4.78, 5) is 0. The van der Waals surface area contributed by atoms with Crippen molar-refractivity contribution in [1.29, 1.82) is 0 Å². The third-order valence-electron chi connectivity index (χ3n) is 1.82. The Kier molecular flexibility index (Phi) is 4.85. The first-order chi connectivity index (χ1) is 7.00. The molecule has 0 heterocycles. The summed E-state index contributed by atoms with van der Waals surface area (Å²) in [5.41, 5.74) is 2.83. The number of thiocarbonyl (C=S) groups is 2. The highest BCUT2D eigenvalue weighted by Crippen LogP contribution is 2.23. The topological polar surface area (TPSA) is 24.1 Å². The van der Waals surface area contributed by atoms with Crippen LogP contribution in [0.5, 0.6) is 0 Å². The number of benzene rings is 1. The lowest BCUT2D eigenvalue weighted by Gasteiger charge is -2.12. The first kappa shape index (κ1) is 12.8. The van der Waals surface area contributed by atoms with Crippen LogP contribution in [0.3, 0.4) is 0 Å². The van der Waals surface area contributed by atoms with Crippen LogP contribution in [0.25, 0.3) is 0 Å². The second-order valence-corrected chi connectivity index (χ2v) is 5.15. The van der Waals surface area contributed by atoms with Gasteiger partial charge in [-0.1, -0.05) is 30.5 Å². The lowest BCUT2D eigenvalue weighted by Crippen LogP contribution is -2.07. The van der Waals surface area contributed by atoms with Crippen LogP contribution in [0.1, 0.15) is 5.56 Å². The van der Waals surface area contributed by atoms with Crippen LogP contribution in [0.4, 0.5) is 11.4 Å². The Morgan fingerprint density at radius 2 is 1.47 bits per heavy atom. The van der Waals surface area contributed by atoms with Gasteiger partial charge < -0.3 is 10.6 Å². The van der Waals surface area contributed by atoms with Crippen molar-refractivity contribution in [3.05, 3.63) is 23.8 Å². The van der Waals surface area contributed by atoms with Crippen LogP contribution in [0.15, 0.2) is 18.2 Å². The van der Waals surface area contributed by atoms with Crippen molar-refractivity contribution in [3.8, 4) is 0 Å². The Labute approximate surface area is 111 Å². The van der Waals surface area contributed by atoms with Gasteiger partial charge >= 0.3 is 0 Å². The predicted octanol–water partition coefficient (Wildman–Crippen LogP) is 3.25. The summed E-state index contributed by atoms with van der Waals surface area (Å²) in [5, 5.41) is 5.95. The van der Waals surface area contributed by atoms with Gasteiger partial charge in [0.1, 0.15) is 8.64 Å². The van der Waals surface area contributed by atoms with E-state index in [2.05, 4.69) is 35.9 Å². The van der Waals surface area contributed by atoms with E-state index < -0.39 is 0 Å². The Bertz CT molecular complexity index is 369. The van der Waals surface area contributed by atoms with Crippen LogP contribution in [-0.2, 0) is 0 Å². The molecule has 6 heteroatoms. The average molecular weight is 274 g/mol. The molecule has 0 atom stereocenters. The predicted molar refractivity (Wildman–Crippen MR) is 81.6 cm³/mol. The monoisotopic (exact) mass is 274 g/mol. The van der Waals surface area contributed by atoms with Crippen molar-refractivity contribution in [2.45, 2.75) is 6.92 Å². The van der Waals surface area contributed by atoms with Crippen molar-refractivity contribution in [2.24, 2.45) is 0 Å². The zero-order valence-electron chi connectivity index (χ0n) is 7.94. The van der Waals surface area contributed by atoms with Gasteiger partial charge in [0.2, 0.25) is 0 Å². The molecule has 0 aliphatic heterocycles. The van der Waals surface area contributed by atoms with E-state index in [9.17, 15) is 0 Å². The van der Waals surface area contributed by atoms with E-state index in [4.69, 9.17) is 24.4 Å². The van der Waals surface area contributed by atoms with Crippen molar-refractivity contribution >= 4 is 69.7 Å². The Morgan fingerprint density at radius 1 is 1.07 bits per heavy atom. The molecule has 0 aliphatic rings. The highest BCUT2D eigenvalue weighted by atomic mass is 32.1. The molecule has 0 saturated heterocycles. The minimum Gasteiger partial charge on any atom is -0.341 e. The molecular weight excluding hydrogens is 264 g/mol. The Hall–Kier alpha value is -0.300. The largest absolute Gasteiger partial charge is 0.341 e. The fourth-order valence-corrected chi connectivity index (χ4v) is 1.60. The molecule has 0 saturated carbocycles. The number of hydrogen-bond acceptors (Lipinski definition) is 2. The summed E-state index contributed by atoms with van der Waals surface area (Å²) in [6.45, 7) is 1.96. The van der Waals surface area contributed by atoms with Crippen LogP contribution >= 0.6 is 49.7 Å². The number of thiol groups is 2. The standard InChI is InChI=1S/C9H10N2S4/c1-5-6(10-8(12)13)3-2-4-7(5)11-9(14)15/h2-4H,1H3,(H2,10,12,13)(H2,11,14,15). The summed E-state index contributed by atoms with van der Waals surface area (Å²) in [6.07, 6.45) is 0. The molecule has 0 amide bonds. The molecular formula is C9H10N2S4. The normalized spacial score (nSPS) is 9.53. The SMILES string of the molecule is Cc1c(NC(=S)S)cccc1NC(=S)S.